The van der Waals surface area contributed by atoms with E-state index in [9.17, 15) is 9.18 Å². The van der Waals surface area contributed by atoms with E-state index < -0.39 is 5.82 Å². The van der Waals surface area contributed by atoms with Gasteiger partial charge in [0.25, 0.3) is 0 Å². The molecule has 1 N–H and O–H groups in total. The summed E-state index contributed by atoms with van der Waals surface area (Å²) in [4.78, 5) is 13.2. The summed E-state index contributed by atoms with van der Waals surface area (Å²) < 4.78 is 13.3. The molecule has 0 atom stereocenters. The van der Waals surface area contributed by atoms with Crippen LogP contribution in [-0.4, -0.2) is 11.3 Å². The number of nitrogens with one attached hydrogen (secondary N) is 1. The number of halogens is 2. The summed E-state index contributed by atoms with van der Waals surface area (Å²) in [5.74, 6) is -0.521. The van der Waals surface area contributed by atoms with Gasteiger partial charge in [0.1, 0.15) is 0 Å². The Labute approximate surface area is 78.3 Å². The van der Waals surface area contributed by atoms with Crippen molar-refractivity contribution < 1.29 is 9.18 Å². The number of carbonyl (C=O) groups excluding carboxylic acids is 1. The minimum atomic E-state index is -0.521. The lowest BCUT2D eigenvalue weighted by Gasteiger charge is -1.95. The molecule has 0 aliphatic carbocycles. The maximum absolute atomic E-state index is 13.3. The van der Waals surface area contributed by atoms with Crippen LogP contribution in [0.2, 0.25) is 5.02 Å². The molecule has 2 nitrogen and oxygen atoms in total. The van der Waals surface area contributed by atoms with Gasteiger partial charge in [0.15, 0.2) is 12.1 Å². The van der Waals surface area contributed by atoms with Crippen LogP contribution in [0.25, 0.3) is 10.9 Å². The van der Waals surface area contributed by atoms with Crippen molar-refractivity contribution in [2.45, 2.75) is 0 Å². The number of hydrogen-bond donors (Lipinski definition) is 1. The predicted octanol–water partition coefficient (Wildman–Crippen LogP) is 2.77. The van der Waals surface area contributed by atoms with Crippen LogP contribution >= 0.6 is 11.6 Å². The Kier molecular flexibility index (Phi) is 1.81. The van der Waals surface area contributed by atoms with Crippen molar-refractivity contribution in [2.75, 3.05) is 0 Å². The van der Waals surface area contributed by atoms with Gasteiger partial charge < -0.3 is 4.98 Å². The summed E-state index contributed by atoms with van der Waals surface area (Å²) in [5.41, 5.74) is 0.708. The number of aldehydes is 1. The molecule has 4 heteroatoms. The van der Waals surface area contributed by atoms with Crippen LogP contribution in [0.15, 0.2) is 18.3 Å². The first kappa shape index (κ1) is 8.26. The second-order valence-electron chi connectivity index (χ2n) is 2.65. The third-order valence-corrected chi connectivity index (χ3v) is 2.20. The van der Waals surface area contributed by atoms with E-state index in [0.29, 0.717) is 17.2 Å². The summed E-state index contributed by atoms with van der Waals surface area (Å²) in [6, 6.07) is 3.04. The van der Waals surface area contributed by atoms with Crippen molar-refractivity contribution in [1.29, 1.82) is 0 Å². The molecule has 2 rings (SSSR count). The molecule has 1 heterocycles. The van der Waals surface area contributed by atoms with E-state index in [4.69, 9.17) is 11.6 Å². The molecule has 0 bridgehead atoms. The standard InChI is InChI=1S/C9H5ClFNO/c10-7-2-1-6-5(4-13)3-12-9(6)8(7)11/h1-4,12H. The van der Waals surface area contributed by atoms with E-state index in [1.807, 2.05) is 0 Å². The highest BCUT2D eigenvalue weighted by Gasteiger charge is 2.09. The molecule has 0 saturated carbocycles. The van der Waals surface area contributed by atoms with Gasteiger partial charge in [-0.1, -0.05) is 17.7 Å². The molecule has 0 aliphatic heterocycles. The molecule has 1 aromatic heterocycles. The summed E-state index contributed by atoms with van der Waals surface area (Å²) in [7, 11) is 0. The van der Waals surface area contributed by atoms with Crippen molar-refractivity contribution in [3.05, 3.63) is 34.7 Å². The minimum Gasteiger partial charge on any atom is -0.358 e. The first-order valence-electron chi connectivity index (χ1n) is 3.64. The molecule has 0 amide bonds. The highest BCUT2D eigenvalue weighted by molar-refractivity contribution is 6.31. The molecule has 0 unspecified atom stereocenters. The van der Waals surface area contributed by atoms with E-state index in [0.717, 1.165) is 0 Å². The molecule has 1 aromatic carbocycles. The topological polar surface area (TPSA) is 32.9 Å². The number of hydrogen-bond acceptors (Lipinski definition) is 1. The molecule has 66 valence electrons. The Bertz CT molecular complexity index is 478. The largest absolute Gasteiger partial charge is 0.358 e. The first-order chi connectivity index (χ1) is 6.24. The summed E-state index contributed by atoms with van der Waals surface area (Å²) in [6.45, 7) is 0. The zero-order valence-corrected chi connectivity index (χ0v) is 7.23. The number of aromatic amines is 1. The summed E-state index contributed by atoms with van der Waals surface area (Å²) in [5, 5.41) is 0.601. The van der Waals surface area contributed by atoms with E-state index in [-0.39, 0.29) is 10.5 Å². The average molecular weight is 198 g/mol. The lowest BCUT2D eigenvalue weighted by Crippen LogP contribution is -1.80. The first-order valence-corrected chi connectivity index (χ1v) is 4.02. The zero-order valence-electron chi connectivity index (χ0n) is 6.47. The smallest absolute Gasteiger partial charge is 0.165 e. The quantitative estimate of drug-likeness (QED) is 0.701. The summed E-state index contributed by atoms with van der Waals surface area (Å²) >= 11 is 5.56. The average Bonchev–Trinajstić information content (AvgIpc) is 2.55. The van der Waals surface area contributed by atoms with Crippen molar-refractivity contribution >= 4 is 28.8 Å². The van der Waals surface area contributed by atoms with Crippen LogP contribution in [-0.2, 0) is 0 Å². The highest BCUT2D eigenvalue weighted by Crippen LogP contribution is 2.25. The van der Waals surface area contributed by atoms with Crippen LogP contribution in [0.1, 0.15) is 10.4 Å². The van der Waals surface area contributed by atoms with E-state index in [1.165, 1.54) is 12.3 Å². The van der Waals surface area contributed by atoms with Crippen LogP contribution in [0, 0.1) is 5.82 Å². The Morgan fingerprint density at radius 2 is 2.23 bits per heavy atom. The van der Waals surface area contributed by atoms with Crippen LogP contribution in [0.4, 0.5) is 4.39 Å². The maximum Gasteiger partial charge on any atom is 0.165 e. The fourth-order valence-corrected chi connectivity index (χ4v) is 1.41. The number of fused-ring (bicyclic) bond motifs is 1. The third-order valence-electron chi connectivity index (χ3n) is 1.90. The van der Waals surface area contributed by atoms with Crippen LogP contribution < -0.4 is 0 Å². The van der Waals surface area contributed by atoms with E-state index in [1.54, 1.807) is 6.07 Å². The van der Waals surface area contributed by atoms with Crippen LogP contribution in [0.3, 0.4) is 0 Å². The van der Waals surface area contributed by atoms with Crippen molar-refractivity contribution in [3.8, 4) is 0 Å². The molecular formula is C9H5ClFNO. The Morgan fingerprint density at radius 3 is 2.92 bits per heavy atom. The lowest BCUT2D eigenvalue weighted by molar-refractivity contribution is 0.112. The fourth-order valence-electron chi connectivity index (χ4n) is 1.26. The van der Waals surface area contributed by atoms with E-state index >= 15 is 0 Å². The molecule has 13 heavy (non-hydrogen) atoms. The second kappa shape index (κ2) is 2.85. The normalized spacial score (nSPS) is 10.6. The van der Waals surface area contributed by atoms with Gasteiger partial charge in [0.05, 0.1) is 10.5 Å². The number of benzene rings is 1. The van der Waals surface area contributed by atoms with Crippen molar-refractivity contribution in [1.82, 2.24) is 4.98 Å². The van der Waals surface area contributed by atoms with Gasteiger partial charge in [-0.3, -0.25) is 4.79 Å². The molecular weight excluding hydrogens is 193 g/mol. The number of rotatable bonds is 1. The number of carbonyl (C=O) groups is 1. The van der Waals surface area contributed by atoms with Crippen molar-refractivity contribution in [2.24, 2.45) is 0 Å². The van der Waals surface area contributed by atoms with Gasteiger partial charge in [-0.2, -0.15) is 0 Å². The molecule has 0 aliphatic rings. The minimum absolute atomic E-state index is 0.0480. The summed E-state index contributed by atoms with van der Waals surface area (Å²) in [6.07, 6.45) is 2.13. The van der Waals surface area contributed by atoms with Gasteiger partial charge in [-0.25, -0.2) is 4.39 Å². The predicted molar refractivity (Wildman–Crippen MR) is 48.7 cm³/mol. The molecule has 0 spiro atoms. The third kappa shape index (κ3) is 1.12. The molecule has 2 aromatic rings. The number of aromatic nitrogens is 1. The maximum atomic E-state index is 13.3. The highest BCUT2D eigenvalue weighted by atomic mass is 35.5. The van der Waals surface area contributed by atoms with E-state index in [2.05, 4.69) is 4.98 Å². The van der Waals surface area contributed by atoms with Crippen molar-refractivity contribution in [3.63, 3.8) is 0 Å². The molecule has 0 radical (unpaired) electrons. The SMILES string of the molecule is O=Cc1c[nH]c2c(F)c(Cl)ccc12. The molecule has 0 fully saturated rings. The van der Waals surface area contributed by atoms with Crippen LogP contribution in [0.5, 0.6) is 0 Å². The zero-order chi connectivity index (χ0) is 9.42. The van der Waals surface area contributed by atoms with Gasteiger partial charge in [-0.05, 0) is 6.07 Å². The fraction of sp³-hybridized carbons (Fsp3) is 0. The van der Waals surface area contributed by atoms with Gasteiger partial charge in [0.2, 0.25) is 0 Å². The number of H-pyrrole nitrogens is 1. The monoisotopic (exact) mass is 197 g/mol. The second-order valence-corrected chi connectivity index (χ2v) is 3.05. The Morgan fingerprint density at radius 1 is 1.46 bits per heavy atom. The Balaban J connectivity index is 2.88. The van der Waals surface area contributed by atoms with Gasteiger partial charge >= 0.3 is 0 Å². The molecule has 0 saturated heterocycles. The van der Waals surface area contributed by atoms with Gasteiger partial charge in [0, 0.05) is 17.1 Å². The Hall–Kier alpha value is -1.35. The van der Waals surface area contributed by atoms with Gasteiger partial charge in [-0.15, -0.1) is 0 Å². The lowest BCUT2D eigenvalue weighted by atomic mass is 10.2.